The van der Waals surface area contributed by atoms with Crippen molar-refractivity contribution in [2.75, 3.05) is 26.2 Å². The molecule has 1 aromatic carbocycles. The number of piperidine rings is 1. The van der Waals surface area contributed by atoms with Gasteiger partial charge in [0.25, 0.3) is 5.91 Å². The van der Waals surface area contributed by atoms with Crippen LogP contribution in [0.15, 0.2) is 47.1 Å². The topological polar surface area (TPSA) is 63.0 Å². The van der Waals surface area contributed by atoms with E-state index >= 15 is 0 Å². The molecule has 2 aromatic rings. The standard InChI is InChI=1S/C24H30N2O4/c1-3-25(4-2)22(27)16-18-17-24(30-20-9-6-5-8-19(18)20)11-13-26(14-12-24)23(28)21-10-7-15-29-21/h5-10,15,18H,3-4,11-14,16-17H2,1-2H3/t18-/m0/s1. The van der Waals surface area contributed by atoms with Gasteiger partial charge < -0.3 is 19.0 Å². The van der Waals surface area contributed by atoms with Crippen molar-refractivity contribution in [2.24, 2.45) is 0 Å². The summed E-state index contributed by atoms with van der Waals surface area (Å²) < 4.78 is 11.8. The van der Waals surface area contributed by atoms with E-state index in [2.05, 4.69) is 6.07 Å². The first-order valence-electron chi connectivity index (χ1n) is 10.9. The lowest BCUT2D eigenvalue weighted by Gasteiger charge is -2.47. The zero-order chi connectivity index (χ0) is 21.1. The predicted molar refractivity (Wildman–Crippen MR) is 114 cm³/mol. The molecule has 0 aliphatic carbocycles. The molecular weight excluding hydrogens is 380 g/mol. The van der Waals surface area contributed by atoms with Crippen molar-refractivity contribution in [3.63, 3.8) is 0 Å². The molecule has 0 bridgehead atoms. The molecule has 2 amide bonds. The summed E-state index contributed by atoms with van der Waals surface area (Å²) in [7, 11) is 0. The molecule has 4 rings (SSSR count). The number of carbonyl (C=O) groups excluding carboxylic acids is 2. The molecule has 0 unspecified atom stereocenters. The van der Waals surface area contributed by atoms with Gasteiger partial charge in [0.15, 0.2) is 5.76 Å². The molecule has 160 valence electrons. The number of amides is 2. The number of rotatable bonds is 5. The molecule has 1 saturated heterocycles. The van der Waals surface area contributed by atoms with Gasteiger partial charge in [-0.3, -0.25) is 9.59 Å². The molecule has 6 nitrogen and oxygen atoms in total. The molecule has 1 spiro atoms. The Morgan fingerprint density at radius 2 is 1.83 bits per heavy atom. The number of benzene rings is 1. The van der Waals surface area contributed by atoms with Gasteiger partial charge in [-0.1, -0.05) is 18.2 Å². The molecule has 0 saturated carbocycles. The largest absolute Gasteiger partial charge is 0.487 e. The zero-order valence-corrected chi connectivity index (χ0v) is 17.8. The molecule has 0 radical (unpaired) electrons. The second-order valence-electron chi connectivity index (χ2n) is 8.26. The second kappa shape index (κ2) is 8.54. The number of para-hydroxylation sites is 1. The van der Waals surface area contributed by atoms with Crippen molar-refractivity contribution < 1.29 is 18.7 Å². The highest BCUT2D eigenvalue weighted by Crippen LogP contribution is 2.46. The van der Waals surface area contributed by atoms with Crippen LogP contribution in [0.1, 0.15) is 61.6 Å². The van der Waals surface area contributed by atoms with Gasteiger partial charge in [0.2, 0.25) is 5.91 Å². The van der Waals surface area contributed by atoms with Gasteiger partial charge in [-0.15, -0.1) is 0 Å². The number of fused-ring (bicyclic) bond motifs is 1. The van der Waals surface area contributed by atoms with Crippen LogP contribution in [0.5, 0.6) is 5.75 Å². The highest BCUT2D eigenvalue weighted by Gasteiger charge is 2.44. The predicted octanol–water partition coefficient (Wildman–Crippen LogP) is 4.08. The minimum Gasteiger partial charge on any atom is -0.487 e. The number of hydrogen-bond acceptors (Lipinski definition) is 4. The Labute approximate surface area is 177 Å². The van der Waals surface area contributed by atoms with E-state index in [1.165, 1.54) is 6.26 Å². The Morgan fingerprint density at radius 3 is 2.50 bits per heavy atom. The van der Waals surface area contributed by atoms with Crippen LogP contribution in [-0.2, 0) is 4.79 Å². The first kappa shape index (κ1) is 20.5. The normalized spacial score (nSPS) is 19.8. The lowest BCUT2D eigenvalue weighted by molar-refractivity contribution is -0.131. The third kappa shape index (κ3) is 3.95. The SMILES string of the molecule is CCN(CC)C(=O)C[C@H]1CC2(CCN(C(=O)c3ccco3)CC2)Oc2ccccc21. The molecule has 2 aliphatic heterocycles. The summed E-state index contributed by atoms with van der Waals surface area (Å²) in [4.78, 5) is 29.2. The maximum Gasteiger partial charge on any atom is 0.289 e. The first-order chi connectivity index (χ1) is 14.5. The minimum absolute atomic E-state index is 0.0701. The van der Waals surface area contributed by atoms with Crippen molar-refractivity contribution >= 4 is 11.8 Å². The van der Waals surface area contributed by atoms with E-state index < -0.39 is 0 Å². The summed E-state index contributed by atoms with van der Waals surface area (Å²) in [5.74, 6) is 1.52. The maximum absolute atomic E-state index is 12.8. The quantitative estimate of drug-likeness (QED) is 0.745. The van der Waals surface area contributed by atoms with Crippen LogP contribution >= 0.6 is 0 Å². The molecular formula is C24H30N2O4. The van der Waals surface area contributed by atoms with Crippen molar-refractivity contribution in [3.05, 3.63) is 54.0 Å². The van der Waals surface area contributed by atoms with Gasteiger partial charge in [0.1, 0.15) is 11.4 Å². The van der Waals surface area contributed by atoms with E-state index in [1.54, 1.807) is 12.1 Å². The number of hydrogen-bond donors (Lipinski definition) is 0. The first-order valence-corrected chi connectivity index (χ1v) is 10.9. The van der Waals surface area contributed by atoms with E-state index in [0.29, 0.717) is 25.3 Å². The van der Waals surface area contributed by atoms with E-state index in [4.69, 9.17) is 9.15 Å². The van der Waals surface area contributed by atoms with E-state index in [9.17, 15) is 9.59 Å². The third-order valence-electron chi connectivity index (χ3n) is 6.53. The van der Waals surface area contributed by atoms with Gasteiger partial charge >= 0.3 is 0 Å². The fourth-order valence-corrected chi connectivity index (χ4v) is 4.82. The molecule has 6 heteroatoms. The summed E-state index contributed by atoms with van der Waals surface area (Å²) in [6.07, 6.45) is 4.34. The molecule has 3 heterocycles. The van der Waals surface area contributed by atoms with Gasteiger partial charge in [-0.05, 0) is 44.0 Å². The maximum atomic E-state index is 12.8. The van der Waals surface area contributed by atoms with Gasteiger partial charge in [0.05, 0.1) is 6.26 Å². The third-order valence-corrected chi connectivity index (χ3v) is 6.53. The highest BCUT2D eigenvalue weighted by atomic mass is 16.5. The van der Waals surface area contributed by atoms with Crippen LogP contribution in [0.3, 0.4) is 0 Å². The number of carbonyl (C=O) groups is 2. The van der Waals surface area contributed by atoms with Gasteiger partial charge in [-0.25, -0.2) is 0 Å². The Bertz CT molecular complexity index is 880. The van der Waals surface area contributed by atoms with Crippen molar-refractivity contribution in [3.8, 4) is 5.75 Å². The van der Waals surface area contributed by atoms with E-state index in [-0.39, 0.29) is 23.3 Å². The van der Waals surface area contributed by atoms with Crippen LogP contribution in [0.4, 0.5) is 0 Å². The van der Waals surface area contributed by atoms with Crippen LogP contribution in [0.25, 0.3) is 0 Å². The van der Waals surface area contributed by atoms with Crippen molar-refractivity contribution in [1.29, 1.82) is 0 Å². The minimum atomic E-state index is -0.331. The lowest BCUT2D eigenvalue weighted by atomic mass is 9.76. The fraction of sp³-hybridized carbons (Fsp3) is 0.500. The summed E-state index contributed by atoms with van der Waals surface area (Å²) in [6, 6.07) is 11.5. The number of furan rings is 1. The molecule has 2 aliphatic rings. The van der Waals surface area contributed by atoms with Gasteiger partial charge in [-0.2, -0.15) is 0 Å². The van der Waals surface area contributed by atoms with Crippen LogP contribution < -0.4 is 4.74 Å². The average molecular weight is 411 g/mol. The van der Waals surface area contributed by atoms with Crippen molar-refractivity contribution in [1.82, 2.24) is 9.80 Å². The Morgan fingerprint density at radius 1 is 1.10 bits per heavy atom. The summed E-state index contributed by atoms with van der Waals surface area (Å²) in [6.45, 7) is 6.75. The summed E-state index contributed by atoms with van der Waals surface area (Å²) >= 11 is 0. The second-order valence-corrected chi connectivity index (χ2v) is 8.26. The Hall–Kier alpha value is -2.76. The molecule has 1 atom stereocenters. The average Bonchev–Trinajstić information content (AvgIpc) is 3.30. The van der Waals surface area contributed by atoms with Crippen LogP contribution in [0, 0.1) is 0 Å². The molecule has 1 fully saturated rings. The lowest BCUT2D eigenvalue weighted by Crippen LogP contribution is -2.52. The fourth-order valence-electron chi connectivity index (χ4n) is 4.82. The van der Waals surface area contributed by atoms with E-state index in [1.807, 2.05) is 41.8 Å². The Kier molecular flexibility index (Phi) is 5.84. The van der Waals surface area contributed by atoms with Crippen LogP contribution in [0.2, 0.25) is 0 Å². The molecule has 30 heavy (non-hydrogen) atoms. The monoisotopic (exact) mass is 410 g/mol. The number of nitrogens with zero attached hydrogens (tertiary/aromatic N) is 2. The van der Waals surface area contributed by atoms with Crippen LogP contribution in [-0.4, -0.2) is 53.4 Å². The van der Waals surface area contributed by atoms with Crippen molar-refractivity contribution in [2.45, 2.75) is 51.0 Å². The highest BCUT2D eigenvalue weighted by molar-refractivity contribution is 5.91. The summed E-state index contributed by atoms with van der Waals surface area (Å²) in [5, 5.41) is 0. The zero-order valence-electron chi connectivity index (χ0n) is 17.8. The molecule has 1 aromatic heterocycles. The van der Waals surface area contributed by atoms with Gasteiger partial charge in [0, 0.05) is 51.4 Å². The number of likely N-dealkylation sites (tertiary alicyclic amines) is 1. The molecule has 0 N–H and O–H groups in total. The Balaban J connectivity index is 1.50. The smallest absolute Gasteiger partial charge is 0.289 e. The van der Waals surface area contributed by atoms with E-state index in [0.717, 1.165) is 43.7 Å². The summed E-state index contributed by atoms with van der Waals surface area (Å²) in [5.41, 5.74) is 0.792. The number of ether oxygens (including phenoxy) is 1.